The maximum Gasteiger partial charge on any atom is 0.220 e. The van der Waals surface area contributed by atoms with Gasteiger partial charge in [0.05, 0.1) is 0 Å². The van der Waals surface area contributed by atoms with Gasteiger partial charge in [-0.15, -0.1) is 0 Å². The molecule has 1 aromatic rings. The Labute approximate surface area is 115 Å². The lowest BCUT2D eigenvalue weighted by atomic mass is 10.1. The minimum Gasteiger partial charge on any atom is -0.356 e. The summed E-state index contributed by atoms with van der Waals surface area (Å²) >= 11 is 0. The summed E-state index contributed by atoms with van der Waals surface area (Å²) in [5.74, 6) is 0.163. The number of benzene rings is 1. The molecule has 1 amide bonds. The first-order valence-electron chi connectivity index (χ1n) is 7.09. The fraction of sp³-hybridized carbons (Fsp3) is 0.500. The lowest BCUT2D eigenvalue weighted by Gasteiger charge is -2.04. The average Bonchev–Trinajstić information content (AvgIpc) is 2.44. The highest BCUT2D eigenvalue weighted by molar-refractivity contribution is 5.96. The van der Waals surface area contributed by atoms with Crippen LogP contribution in [0.4, 0.5) is 0 Å². The first-order chi connectivity index (χ1) is 9.24. The van der Waals surface area contributed by atoms with E-state index in [2.05, 4.69) is 12.2 Å². The topological polar surface area (TPSA) is 46.2 Å². The molecular weight excluding hydrogens is 238 g/mol. The molecule has 1 rings (SSSR count). The van der Waals surface area contributed by atoms with Crippen molar-refractivity contribution in [2.24, 2.45) is 0 Å². The third kappa shape index (κ3) is 6.75. The Hall–Kier alpha value is -1.64. The van der Waals surface area contributed by atoms with Crippen LogP contribution in [0.15, 0.2) is 30.3 Å². The van der Waals surface area contributed by atoms with Gasteiger partial charge in [-0.1, -0.05) is 50.1 Å². The molecule has 0 aliphatic rings. The van der Waals surface area contributed by atoms with E-state index in [-0.39, 0.29) is 11.7 Å². The summed E-state index contributed by atoms with van der Waals surface area (Å²) in [7, 11) is 0. The van der Waals surface area contributed by atoms with Crippen LogP contribution in [0.1, 0.15) is 55.8 Å². The Morgan fingerprint density at radius 3 is 2.42 bits per heavy atom. The summed E-state index contributed by atoms with van der Waals surface area (Å²) < 4.78 is 0. The van der Waals surface area contributed by atoms with Crippen molar-refractivity contribution in [3.05, 3.63) is 35.9 Å². The molecule has 0 fully saturated rings. The monoisotopic (exact) mass is 261 g/mol. The van der Waals surface area contributed by atoms with Gasteiger partial charge in [0.2, 0.25) is 5.91 Å². The number of unbranched alkanes of at least 4 members (excludes halogenated alkanes) is 2. The van der Waals surface area contributed by atoms with Crippen molar-refractivity contribution in [3.63, 3.8) is 0 Å². The van der Waals surface area contributed by atoms with Gasteiger partial charge in [0.15, 0.2) is 5.78 Å². The van der Waals surface area contributed by atoms with Crippen LogP contribution < -0.4 is 5.32 Å². The third-order valence-electron chi connectivity index (χ3n) is 3.01. The molecule has 3 heteroatoms. The van der Waals surface area contributed by atoms with Crippen molar-refractivity contribution < 1.29 is 9.59 Å². The molecule has 104 valence electrons. The molecule has 1 aromatic carbocycles. The van der Waals surface area contributed by atoms with Crippen LogP contribution in [0.2, 0.25) is 0 Å². The van der Waals surface area contributed by atoms with E-state index in [0.29, 0.717) is 19.3 Å². The zero-order valence-corrected chi connectivity index (χ0v) is 11.7. The summed E-state index contributed by atoms with van der Waals surface area (Å²) in [6, 6.07) is 9.22. The average molecular weight is 261 g/mol. The molecule has 1 N–H and O–H groups in total. The van der Waals surface area contributed by atoms with E-state index in [0.717, 1.165) is 31.4 Å². The zero-order chi connectivity index (χ0) is 13.9. The second kappa shape index (κ2) is 9.31. The largest absolute Gasteiger partial charge is 0.356 e. The fourth-order valence-corrected chi connectivity index (χ4v) is 1.87. The lowest BCUT2D eigenvalue weighted by Crippen LogP contribution is -2.24. The number of nitrogens with one attached hydrogen (secondary N) is 1. The Bertz CT molecular complexity index is 387. The normalized spacial score (nSPS) is 10.2. The van der Waals surface area contributed by atoms with E-state index < -0.39 is 0 Å². The number of rotatable bonds is 9. The van der Waals surface area contributed by atoms with Crippen molar-refractivity contribution in [2.45, 2.75) is 45.4 Å². The van der Waals surface area contributed by atoms with Gasteiger partial charge in [-0.25, -0.2) is 0 Å². The van der Waals surface area contributed by atoms with Gasteiger partial charge in [0, 0.05) is 24.9 Å². The van der Waals surface area contributed by atoms with Crippen LogP contribution in [0.5, 0.6) is 0 Å². The summed E-state index contributed by atoms with van der Waals surface area (Å²) in [4.78, 5) is 23.3. The second-order valence-electron chi connectivity index (χ2n) is 4.70. The van der Waals surface area contributed by atoms with Crippen molar-refractivity contribution in [2.75, 3.05) is 6.54 Å². The van der Waals surface area contributed by atoms with Crippen molar-refractivity contribution in [3.8, 4) is 0 Å². The summed E-state index contributed by atoms with van der Waals surface area (Å²) in [5.41, 5.74) is 0.728. The Morgan fingerprint density at radius 1 is 1.00 bits per heavy atom. The SMILES string of the molecule is CCCCCNC(=O)CCCC(=O)c1ccccc1. The van der Waals surface area contributed by atoms with Gasteiger partial charge in [0.1, 0.15) is 0 Å². The minimum atomic E-state index is 0.0527. The number of hydrogen-bond acceptors (Lipinski definition) is 2. The van der Waals surface area contributed by atoms with E-state index in [1.54, 1.807) is 0 Å². The van der Waals surface area contributed by atoms with Crippen molar-refractivity contribution in [1.82, 2.24) is 5.32 Å². The highest BCUT2D eigenvalue weighted by atomic mass is 16.1. The van der Waals surface area contributed by atoms with Crippen LogP contribution in [-0.4, -0.2) is 18.2 Å². The molecule has 0 unspecified atom stereocenters. The second-order valence-corrected chi connectivity index (χ2v) is 4.70. The molecule has 0 aromatic heterocycles. The zero-order valence-electron chi connectivity index (χ0n) is 11.7. The molecule has 0 atom stereocenters. The van der Waals surface area contributed by atoms with Crippen LogP contribution in [0.25, 0.3) is 0 Å². The Morgan fingerprint density at radius 2 is 1.74 bits per heavy atom. The van der Waals surface area contributed by atoms with Crippen LogP contribution in [0.3, 0.4) is 0 Å². The smallest absolute Gasteiger partial charge is 0.220 e. The number of Topliss-reactive ketones (excluding diaryl/α,β-unsaturated/α-hetero) is 1. The third-order valence-corrected chi connectivity index (χ3v) is 3.01. The van der Waals surface area contributed by atoms with Crippen LogP contribution >= 0.6 is 0 Å². The maximum atomic E-state index is 11.8. The molecular formula is C16H23NO2. The maximum absolute atomic E-state index is 11.8. The van der Waals surface area contributed by atoms with Gasteiger partial charge in [-0.3, -0.25) is 9.59 Å². The predicted octanol–water partition coefficient (Wildman–Crippen LogP) is 3.35. The highest BCUT2D eigenvalue weighted by Crippen LogP contribution is 2.06. The summed E-state index contributed by atoms with van der Waals surface area (Å²) in [6.07, 6.45) is 4.82. The highest BCUT2D eigenvalue weighted by Gasteiger charge is 2.06. The Balaban J connectivity index is 2.13. The molecule has 0 aliphatic carbocycles. The Kier molecular flexibility index (Phi) is 7.56. The molecule has 0 saturated carbocycles. The molecule has 0 saturated heterocycles. The quantitative estimate of drug-likeness (QED) is 0.547. The van der Waals surface area contributed by atoms with Gasteiger partial charge < -0.3 is 5.32 Å². The molecule has 19 heavy (non-hydrogen) atoms. The van der Waals surface area contributed by atoms with E-state index in [1.807, 2.05) is 30.3 Å². The van der Waals surface area contributed by atoms with Crippen molar-refractivity contribution >= 4 is 11.7 Å². The van der Waals surface area contributed by atoms with Crippen LogP contribution in [0, 0.1) is 0 Å². The molecule has 0 radical (unpaired) electrons. The summed E-state index contributed by atoms with van der Waals surface area (Å²) in [6.45, 7) is 2.89. The summed E-state index contributed by atoms with van der Waals surface area (Å²) in [5, 5.41) is 2.88. The van der Waals surface area contributed by atoms with E-state index in [4.69, 9.17) is 0 Å². The number of hydrogen-bond donors (Lipinski definition) is 1. The number of carbonyl (C=O) groups excluding carboxylic acids is 2. The minimum absolute atomic E-state index is 0.0527. The molecule has 0 heterocycles. The van der Waals surface area contributed by atoms with Gasteiger partial charge in [-0.05, 0) is 12.8 Å². The van der Waals surface area contributed by atoms with E-state index in [9.17, 15) is 9.59 Å². The van der Waals surface area contributed by atoms with Crippen LogP contribution in [-0.2, 0) is 4.79 Å². The van der Waals surface area contributed by atoms with Gasteiger partial charge >= 0.3 is 0 Å². The lowest BCUT2D eigenvalue weighted by molar-refractivity contribution is -0.121. The fourth-order valence-electron chi connectivity index (χ4n) is 1.87. The first-order valence-corrected chi connectivity index (χ1v) is 7.09. The number of ketones is 1. The van der Waals surface area contributed by atoms with Gasteiger partial charge in [0.25, 0.3) is 0 Å². The molecule has 3 nitrogen and oxygen atoms in total. The number of amides is 1. The molecule has 0 bridgehead atoms. The van der Waals surface area contributed by atoms with Crippen molar-refractivity contribution in [1.29, 1.82) is 0 Å². The standard InChI is InChI=1S/C16H23NO2/c1-2-3-7-13-17-16(19)12-8-11-15(18)14-9-5-4-6-10-14/h4-6,9-10H,2-3,7-8,11-13H2,1H3,(H,17,19). The first kappa shape index (κ1) is 15.4. The van der Waals surface area contributed by atoms with E-state index >= 15 is 0 Å². The van der Waals surface area contributed by atoms with Gasteiger partial charge in [-0.2, -0.15) is 0 Å². The molecule has 0 spiro atoms. The van der Waals surface area contributed by atoms with E-state index in [1.165, 1.54) is 0 Å². The number of carbonyl (C=O) groups is 2. The predicted molar refractivity (Wildman–Crippen MR) is 77.2 cm³/mol. The molecule has 0 aliphatic heterocycles.